The summed E-state index contributed by atoms with van der Waals surface area (Å²) in [6.45, 7) is 0.198. The first-order valence-corrected chi connectivity index (χ1v) is 7.16. The molecule has 25 heavy (non-hydrogen) atoms. The van der Waals surface area contributed by atoms with Crippen LogP contribution >= 0.6 is 0 Å². The van der Waals surface area contributed by atoms with Crippen LogP contribution in [0.3, 0.4) is 0 Å². The minimum atomic E-state index is -0.722. The fourth-order valence-corrected chi connectivity index (χ4v) is 1.91. The number of aromatic hydroxyl groups is 3. The lowest BCUT2D eigenvalue weighted by atomic mass is 10.1. The fraction of sp³-hybridized carbons (Fsp3) is 0.0588. The molecule has 0 spiro atoms. The highest BCUT2D eigenvalue weighted by molar-refractivity contribution is 6.09. The SMILES string of the molecule is N=C(/C=C\NC(=O)NCc1ccc(F)cc1)c1ccc(O)c(O)c1O. The molecule has 0 aliphatic rings. The number of urea groups is 1. The number of phenols is 3. The molecular formula is C17H16FN3O4. The van der Waals surface area contributed by atoms with Gasteiger partial charge in [-0.2, -0.15) is 0 Å². The molecule has 0 heterocycles. The number of nitrogens with one attached hydrogen (secondary N) is 3. The van der Waals surface area contributed by atoms with Gasteiger partial charge < -0.3 is 31.4 Å². The van der Waals surface area contributed by atoms with Gasteiger partial charge in [-0.05, 0) is 35.9 Å². The van der Waals surface area contributed by atoms with Crippen LogP contribution in [0, 0.1) is 11.2 Å². The number of halogens is 1. The largest absolute Gasteiger partial charge is 0.504 e. The summed E-state index contributed by atoms with van der Waals surface area (Å²) in [7, 11) is 0. The Morgan fingerprint density at radius 3 is 2.44 bits per heavy atom. The molecule has 0 aromatic heterocycles. The van der Waals surface area contributed by atoms with E-state index in [1.165, 1.54) is 30.5 Å². The van der Waals surface area contributed by atoms with E-state index >= 15 is 0 Å². The molecule has 2 aromatic carbocycles. The van der Waals surface area contributed by atoms with Gasteiger partial charge in [0.1, 0.15) is 5.82 Å². The highest BCUT2D eigenvalue weighted by Gasteiger charge is 2.13. The van der Waals surface area contributed by atoms with Crippen LogP contribution in [0.1, 0.15) is 11.1 Å². The lowest BCUT2D eigenvalue weighted by Crippen LogP contribution is -2.31. The maximum absolute atomic E-state index is 12.8. The topological polar surface area (TPSA) is 126 Å². The Morgan fingerprint density at radius 2 is 1.76 bits per heavy atom. The van der Waals surface area contributed by atoms with Gasteiger partial charge in [0.15, 0.2) is 11.5 Å². The monoisotopic (exact) mass is 345 g/mol. The van der Waals surface area contributed by atoms with Crippen molar-refractivity contribution in [2.75, 3.05) is 0 Å². The molecule has 0 saturated heterocycles. The lowest BCUT2D eigenvalue weighted by molar-refractivity contribution is 0.244. The molecule has 2 amide bonds. The average Bonchev–Trinajstić information content (AvgIpc) is 2.59. The molecule has 130 valence electrons. The maximum Gasteiger partial charge on any atom is 0.319 e. The van der Waals surface area contributed by atoms with Crippen LogP contribution in [0.15, 0.2) is 48.7 Å². The molecule has 8 heteroatoms. The Bertz CT molecular complexity index is 819. The number of phenolic OH excluding ortho intramolecular Hbond substituents is 3. The van der Waals surface area contributed by atoms with Crippen molar-refractivity contribution in [2.45, 2.75) is 6.54 Å². The molecule has 7 nitrogen and oxygen atoms in total. The Labute approximate surface area is 142 Å². The van der Waals surface area contributed by atoms with Crippen molar-refractivity contribution >= 4 is 11.7 Å². The van der Waals surface area contributed by atoms with Crippen LogP contribution in [0.4, 0.5) is 9.18 Å². The first kappa shape index (κ1) is 17.8. The highest BCUT2D eigenvalue weighted by atomic mass is 19.1. The van der Waals surface area contributed by atoms with E-state index in [4.69, 9.17) is 5.41 Å². The van der Waals surface area contributed by atoms with Crippen molar-refractivity contribution in [3.8, 4) is 17.2 Å². The van der Waals surface area contributed by atoms with Crippen LogP contribution in [-0.2, 0) is 6.54 Å². The molecule has 0 atom stereocenters. The number of benzene rings is 2. The second-order valence-electron chi connectivity index (χ2n) is 5.03. The van der Waals surface area contributed by atoms with Gasteiger partial charge in [0.05, 0.1) is 5.71 Å². The fourth-order valence-electron chi connectivity index (χ4n) is 1.91. The Hall–Kier alpha value is -3.55. The number of carbonyl (C=O) groups is 1. The van der Waals surface area contributed by atoms with E-state index in [-0.39, 0.29) is 23.6 Å². The van der Waals surface area contributed by atoms with Gasteiger partial charge in [0, 0.05) is 18.3 Å². The van der Waals surface area contributed by atoms with Gasteiger partial charge in [0.2, 0.25) is 5.75 Å². The van der Waals surface area contributed by atoms with Crippen molar-refractivity contribution in [2.24, 2.45) is 0 Å². The molecule has 0 fully saturated rings. The normalized spacial score (nSPS) is 10.6. The average molecular weight is 345 g/mol. The standard InChI is InChI=1S/C17H16FN3O4/c18-11-3-1-10(2-4-11)9-21-17(25)20-8-7-13(19)12-5-6-14(22)16(24)15(12)23/h1-8,19,22-24H,9H2,(H2,20,21,25)/b8-7-,19-13?. The summed E-state index contributed by atoms with van der Waals surface area (Å²) in [6.07, 6.45) is 2.38. The van der Waals surface area contributed by atoms with Crippen molar-refractivity contribution < 1.29 is 24.5 Å². The zero-order valence-corrected chi connectivity index (χ0v) is 13.0. The molecule has 0 aliphatic heterocycles. The minimum Gasteiger partial charge on any atom is -0.504 e. The minimum absolute atomic E-state index is 0.0138. The van der Waals surface area contributed by atoms with Gasteiger partial charge >= 0.3 is 6.03 Å². The number of rotatable bonds is 5. The third-order valence-electron chi connectivity index (χ3n) is 3.25. The van der Waals surface area contributed by atoms with E-state index < -0.39 is 23.3 Å². The first-order valence-electron chi connectivity index (χ1n) is 7.16. The van der Waals surface area contributed by atoms with E-state index in [1.54, 1.807) is 12.1 Å². The molecule has 0 radical (unpaired) electrons. The van der Waals surface area contributed by atoms with Gasteiger partial charge in [-0.3, -0.25) is 0 Å². The molecular weight excluding hydrogens is 329 g/mol. The zero-order chi connectivity index (χ0) is 18.4. The summed E-state index contributed by atoms with van der Waals surface area (Å²) in [4.78, 5) is 11.6. The first-order chi connectivity index (χ1) is 11.9. The summed E-state index contributed by atoms with van der Waals surface area (Å²) in [6, 6.07) is 7.51. The molecule has 0 unspecified atom stereocenters. The number of hydrogen-bond acceptors (Lipinski definition) is 5. The number of amides is 2. The van der Waals surface area contributed by atoms with Crippen molar-refractivity contribution in [3.63, 3.8) is 0 Å². The Balaban J connectivity index is 1.87. The quantitative estimate of drug-likeness (QED) is 0.367. The third kappa shape index (κ3) is 4.71. The summed E-state index contributed by atoms with van der Waals surface area (Å²) >= 11 is 0. The summed E-state index contributed by atoms with van der Waals surface area (Å²) < 4.78 is 12.8. The van der Waals surface area contributed by atoms with Crippen molar-refractivity contribution in [1.29, 1.82) is 5.41 Å². The van der Waals surface area contributed by atoms with E-state index in [1.807, 2.05) is 0 Å². The van der Waals surface area contributed by atoms with E-state index in [9.17, 15) is 24.5 Å². The van der Waals surface area contributed by atoms with Crippen molar-refractivity contribution in [1.82, 2.24) is 10.6 Å². The summed E-state index contributed by atoms with van der Waals surface area (Å²) in [5.41, 5.74) is 0.518. The Morgan fingerprint density at radius 1 is 1.08 bits per heavy atom. The predicted molar refractivity (Wildman–Crippen MR) is 89.2 cm³/mol. The highest BCUT2D eigenvalue weighted by Crippen LogP contribution is 2.37. The number of allylic oxidation sites excluding steroid dienone is 1. The number of hydrogen-bond donors (Lipinski definition) is 6. The van der Waals surface area contributed by atoms with E-state index in [0.29, 0.717) is 0 Å². The third-order valence-corrected chi connectivity index (χ3v) is 3.25. The van der Waals surface area contributed by atoms with Crippen LogP contribution < -0.4 is 10.6 Å². The second kappa shape index (κ2) is 7.82. The number of carbonyl (C=O) groups excluding carboxylic acids is 1. The van der Waals surface area contributed by atoms with Gasteiger partial charge in [0.25, 0.3) is 0 Å². The zero-order valence-electron chi connectivity index (χ0n) is 13.0. The molecule has 6 N–H and O–H groups in total. The second-order valence-corrected chi connectivity index (χ2v) is 5.03. The van der Waals surface area contributed by atoms with Gasteiger partial charge in [-0.25, -0.2) is 9.18 Å². The summed E-state index contributed by atoms with van der Waals surface area (Å²) in [5, 5.41) is 41.0. The van der Waals surface area contributed by atoms with Crippen LogP contribution in [0.5, 0.6) is 17.2 Å². The molecule has 0 aliphatic carbocycles. The van der Waals surface area contributed by atoms with Crippen LogP contribution in [0.2, 0.25) is 0 Å². The van der Waals surface area contributed by atoms with Gasteiger partial charge in [-0.1, -0.05) is 12.1 Å². The maximum atomic E-state index is 12.8. The van der Waals surface area contributed by atoms with Crippen molar-refractivity contribution in [3.05, 3.63) is 65.6 Å². The van der Waals surface area contributed by atoms with Gasteiger partial charge in [-0.15, -0.1) is 0 Å². The van der Waals surface area contributed by atoms with Crippen LogP contribution in [0.25, 0.3) is 0 Å². The van der Waals surface area contributed by atoms with E-state index in [0.717, 1.165) is 11.6 Å². The Kier molecular flexibility index (Phi) is 5.57. The lowest BCUT2D eigenvalue weighted by Gasteiger charge is -2.07. The predicted octanol–water partition coefficient (Wildman–Crippen LogP) is 2.32. The molecule has 2 rings (SSSR count). The molecule has 0 bridgehead atoms. The molecule has 0 saturated carbocycles. The molecule has 2 aromatic rings. The van der Waals surface area contributed by atoms with Crippen LogP contribution in [-0.4, -0.2) is 27.1 Å². The summed E-state index contributed by atoms with van der Waals surface area (Å²) in [5.74, 6) is -2.22. The smallest absolute Gasteiger partial charge is 0.319 e. The van der Waals surface area contributed by atoms with E-state index in [2.05, 4.69) is 10.6 Å².